The van der Waals surface area contributed by atoms with Crippen molar-refractivity contribution in [3.63, 3.8) is 0 Å². The van der Waals surface area contributed by atoms with E-state index in [-0.39, 0.29) is 0 Å². The molecule has 3 rings (SSSR count). The van der Waals surface area contributed by atoms with Gasteiger partial charge in [-0.1, -0.05) is 0 Å². The zero-order valence-corrected chi connectivity index (χ0v) is 14.3. The number of rotatable bonds is 2. The monoisotopic (exact) mass is 323 g/mol. The number of hydrogen-bond donors (Lipinski definition) is 0. The van der Waals surface area contributed by atoms with Crippen LogP contribution in [0.15, 0.2) is 60.8 Å². The third-order valence-corrected chi connectivity index (χ3v) is 7.93. The van der Waals surface area contributed by atoms with Gasteiger partial charge in [-0.3, -0.25) is 0 Å². The van der Waals surface area contributed by atoms with Crippen molar-refractivity contribution in [1.29, 1.82) is 0 Å². The molecule has 100 valence electrons. The standard InChI is InChI=1S/C18H19GeN/c1-19(2,3)17-10-11-18(20-13-17)16-9-8-14-6-4-5-7-15(14)12-16/h4-13H,1-3H3. The van der Waals surface area contributed by atoms with Gasteiger partial charge >= 0.3 is 123 Å². The van der Waals surface area contributed by atoms with E-state index in [1.54, 1.807) is 0 Å². The van der Waals surface area contributed by atoms with Crippen LogP contribution in [0.2, 0.25) is 17.3 Å². The molecular formula is C18H19GeN. The summed E-state index contributed by atoms with van der Waals surface area (Å²) in [6.45, 7) is 0. The molecule has 0 aliphatic heterocycles. The molecule has 0 unspecified atom stereocenters. The minimum atomic E-state index is -1.76. The van der Waals surface area contributed by atoms with Crippen LogP contribution in [0.3, 0.4) is 0 Å². The number of hydrogen-bond acceptors (Lipinski definition) is 1. The number of benzene rings is 2. The molecule has 1 aromatic heterocycles. The van der Waals surface area contributed by atoms with Gasteiger partial charge in [-0.05, 0) is 0 Å². The third-order valence-electron chi connectivity index (χ3n) is 3.67. The summed E-state index contributed by atoms with van der Waals surface area (Å²) < 4.78 is 1.45. The Morgan fingerprint density at radius 2 is 1.55 bits per heavy atom. The van der Waals surface area contributed by atoms with Crippen LogP contribution in [0.4, 0.5) is 0 Å². The van der Waals surface area contributed by atoms with Gasteiger partial charge in [0.2, 0.25) is 0 Å². The number of pyridine rings is 1. The Morgan fingerprint density at radius 1 is 0.800 bits per heavy atom. The first-order valence-electron chi connectivity index (χ1n) is 7.00. The first-order chi connectivity index (χ1) is 9.54. The maximum absolute atomic E-state index is 4.67. The zero-order valence-electron chi connectivity index (χ0n) is 12.2. The second kappa shape index (κ2) is 5.06. The van der Waals surface area contributed by atoms with Crippen LogP contribution >= 0.6 is 0 Å². The molecule has 0 radical (unpaired) electrons. The van der Waals surface area contributed by atoms with Crippen molar-refractivity contribution in [2.75, 3.05) is 0 Å². The predicted octanol–water partition coefficient (Wildman–Crippen LogP) is 4.45. The quantitative estimate of drug-likeness (QED) is 0.636. The Hall–Kier alpha value is -1.61. The van der Waals surface area contributed by atoms with Gasteiger partial charge in [-0.15, -0.1) is 0 Å². The predicted molar refractivity (Wildman–Crippen MR) is 90.2 cm³/mol. The summed E-state index contributed by atoms with van der Waals surface area (Å²) >= 11 is -1.76. The average molecular weight is 322 g/mol. The summed E-state index contributed by atoms with van der Waals surface area (Å²) in [6.07, 6.45) is 2.07. The Bertz CT molecular complexity index is 739. The molecule has 0 fully saturated rings. The Labute approximate surface area is 123 Å². The fourth-order valence-corrected chi connectivity index (χ4v) is 4.53. The zero-order chi connectivity index (χ0) is 14.2. The van der Waals surface area contributed by atoms with Crippen molar-refractivity contribution in [3.05, 3.63) is 60.8 Å². The van der Waals surface area contributed by atoms with E-state index >= 15 is 0 Å². The summed E-state index contributed by atoms with van der Waals surface area (Å²) in [5.41, 5.74) is 2.25. The normalized spacial score (nSPS) is 11.8. The third kappa shape index (κ3) is 2.64. The maximum atomic E-state index is 4.67. The van der Waals surface area contributed by atoms with Crippen LogP contribution < -0.4 is 4.40 Å². The van der Waals surface area contributed by atoms with E-state index < -0.39 is 13.3 Å². The molecule has 0 N–H and O–H groups in total. The van der Waals surface area contributed by atoms with Crippen molar-refractivity contribution < 1.29 is 0 Å². The minimum absolute atomic E-state index is 1.06. The Kier molecular flexibility index (Phi) is 3.38. The van der Waals surface area contributed by atoms with Crippen LogP contribution in [0.5, 0.6) is 0 Å². The van der Waals surface area contributed by atoms with E-state index in [1.165, 1.54) is 20.7 Å². The fourth-order valence-electron chi connectivity index (χ4n) is 2.36. The molecule has 0 aliphatic rings. The van der Waals surface area contributed by atoms with Gasteiger partial charge in [-0.25, -0.2) is 0 Å². The number of aromatic nitrogens is 1. The van der Waals surface area contributed by atoms with Gasteiger partial charge in [0, 0.05) is 0 Å². The van der Waals surface area contributed by atoms with E-state index in [4.69, 9.17) is 0 Å². The van der Waals surface area contributed by atoms with Gasteiger partial charge in [0.1, 0.15) is 0 Å². The molecule has 3 aromatic rings. The first-order valence-corrected chi connectivity index (χ1v) is 14.3. The van der Waals surface area contributed by atoms with Crippen molar-refractivity contribution in [3.8, 4) is 11.3 Å². The van der Waals surface area contributed by atoms with Crippen LogP contribution in [0, 0.1) is 0 Å². The summed E-state index contributed by atoms with van der Waals surface area (Å²) in [6, 6.07) is 19.4. The van der Waals surface area contributed by atoms with E-state index in [9.17, 15) is 0 Å². The topological polar surface area (TPSA) is 12.9 Å². The molecule has 0 saturated carbocycles. The van der Waals surface area contributed by atoms with Crippen molar-refractivity contribution in [2.24, 2.45) is 0 Å². The van der Waals surface area contributed by atoms with E-state index in [0.29, 0.717) is 0 Å². The second-order valence-corrected chi connectivity index (χ2v) is 16.9. The molecular weight excluding hydrogens is 303 g/mol. The SMILES string of the molecule is [CH3][Ge]([CH3])([CH3])[c]1ccc(-c2ccc3ccccc3c2)nc1. The van der Waals surface area contributed by atoms with Gasteiger partial charge in [0.15, 0.2) is 0 Å². The molecule has 1 nitrogen and oxygen atoms in total. The molecule has 0 amide bonds. The number of fused-ring (bicyclic) bond motifs is 1. The van der Waals surface area contributed by atoms with Gasteiger partial charge in [0.25, 0.3) is 0 Å². The van der Waals surface area contributed by atoms with Gasteiger partial charge in [-0.2, -0.15) is 0 Å². The molecule has 0 saturated heterocycles. The van der Waals surface area contributed by atoms with Crippen LogP contribution in [0.1, 0.15) is 0 Å². The Balaban J connectivity index is 2.02. The Morgan fingerprint density at radius 3 is 2.20 bits per heavy atom. The van der Waals surface area contributed by atoms with Gasteiger partial charge in [0.05, 0.1) is 0 Å². The van der Waals surface area contributed by atoms with Crippen molar-refractivity contribution in [2.45, 2.75) is 17.3 Å². The molecule has 2 heteroatoms. The first kappa shape index (κ1) is 13.4. The van der Waals surface area contributed by atoms with Crippen LogP contribution in [0.25, 0.3) is 22.0 Å². The molecule has 2 aromatic carbocycles. The summed E-state index contributed by atoms with van der Waals surface area (Å²) in [7, 11) is 0. The van der Waals surface area contributed by atoms with Crippen molar-refractivity contribution >= 4 is 28.4 Å². The molecule has 0 spiro atoms. The van der Waals surface area contributed by atoms with E-state index in [1.807, 2.05) is 0 Å². The average Bonchev–Trinajstić information content (AvgIpc) is 2.46. The number of nitrogens with zero attached hydrogens (tertiary/aromatic N) is 1. The molecule has 20 heavy (non-hydrogen) atoms. The van der Waals surface area contributed by atoms with E-state index in [2.05, 4.69) is 83.0 Å². The van der Waals surface area contributed by atoms with Crippen LogP contribution in [-0.4, -0.2) is 18.3 Å². The molecule has 0 atom stereocenters. The second-order valence-electron chi connectivity index (χ2n) is 6.24. The van der Waals surface area contributed by atoms with Crippen molar-refractivity contribution in [1.82, 2.24) is 4.98 Å². The molecule has 1 heterocycles. The fraction of sp³-hybridized carbons (Fsp3) is 0.167. The van der Waals surface area contributed by atoms with E-state index in [0.717, 1.165) is 5.69 Å². The summed E-state index contributed by atoms with van der Waals surface area (Å²) in [5, 5.41) is 2.54. The summed E-state index contributed by atoms with van der Waals surface area (Å²) in [4.78, 5) is 4.67. The molecule has 0 bridgehead atoms. The van der Waals surface area contributed by atoms with Gasteiger partial charge < -0.3 is 0 Å². The molecule has 0 aliphatic carbocycles. The summed E-state index contributed by atoms with van der Waals surface area (Å²) in [5.74, 6) is 7.19. The van der Waals surface area contributed by atoms with Crippen LogP contribution in [-0.2, 0) is 0 Å².